The Hall–Kier alpha value is -1.73. The maximum atomic E-state index is 12.4. The second-order valence-electron chi connectivity index (χ2n) is 4.38. The van der Waals surface area contributed by atoms with E-state index in [4.69, 9.17) is 0 Å². The molecule has 7 heteroatoms. The van der Waals surface area contributed by atoms with Gasteiger partial charge in [-0.1, -0.05) is 0 Å². The first-order valence-corrected chi connectivity index (χ1v) is 7.52. The predicted molar refractivity (Wildman–Crippen MR) is 80.5 cm³/mol. The standard InChI is InChI=1S/C13H9BrN2O3S/c14-12-4-3-11(20-12)13(17)15-6-5-8-7-9(16(18)19)1-2-10(8)15/h1-4,7H,5-6H2. The van der Waals surface area contributed by atoms with Crippen LogP contribution in [-0.4, -0.2) is 17.4 Å². The highest BCUT2D eigenvalue weighted by Gasteiger charge is 2.27. The summed E-state index contributed by atoms with van der Waals surface area (Å²) in [6.45, 7) is 0.560. The molecule has 0 unspecified atom stereocenters. The molecule has 0 saturated heterocycles. The lowest BCUT2D eigenvalue weighted by atomic mass is 10.1. The molecule has 0 fully saturated rings. The van der Waals surface area contributed by atoms with E-state index < -0.39 is 4.92 Å². The van der Waals surface area contributed by atoms with E-state index >= 15 is 0 Å². The zero-order valence-corrected chi connectivity index (χ0v) is 12.6. The fourth-order valence-corrected chi connectivity index (χ4v) is 3.61. The number of nitro groups is 1. The van der Waals surface area contributed by atoms with Crippen LogP contribution in [0.4, 0.5) is 11.4 Å². The van der Waals surface area contributed by atoms with Gasteiger partial charge in [-0.15, -0.1) is 11.3 Å². The number of amides is 1. The quantitative estimate of drug-likeness (QED) is 0.612. The van der Waals surface area contributed by atoms with Crippen LogP contribution >= 0.6 is 27.3 Å². The van der Waals surface area contributed by atoms with Gasteiger partial charge in [-0.05, 0) is 46.1 Å². The highest BCUT2D eigenvalue weighted by Crippen LogP contribution is 2.33. The lowest BCUT2D eigenvalue weighted by Crippen LogP contribution is -2.28. The van der Waals surface area contributed by atoms with Gasteiger partial charge in [0.1, 0.15) is 0 Å². The van der Waals surface area contributed by atoms with E-state index in [9.17, 15) is 14.9 Å². The van der Waals surface area contributed by atoms with Crippen molar-refractivity contribution in [3.8, 4) is 0 Å². The predicted octanol–water partition coefficient (Wildman–Crippen LogP) is 3.62. The minimum Gasteiger partial charge on any atom is -0.307 e. The Balaban J connectivity index is 1.93. The minimum atomic E-state index is -0.416. The van der Waals surface area contributed by atoms with Gasteiger partial charge >= 0.3 is 0 Å². The molecule has 0 N–H and O–H groups in total. The summed E-state index contributed by atoms with van der Waals surface area (Å²) in [7, 11) is 0. The number of anilines is 1. The van der Waals surface area contributed by atoms with E-state index in [0.29, 0.717) is 17.8 Å². The van der Waals surface area contributed by atoms with Crippen molar-refractivity contribution < 1.29 is 9.72 Å². The van der Waals surface area contributed by atoms with Gasteiger partial charge in [0.05, 0.1) is 13.6 Å². The zero-order valence-electron chi connectivity index (χ0n) is 10.2. The van der Waals surface area contributed by atoms with E-state index in [2.05, 4.69) is 15.9 Å². The second kappa shape index (κ2) is 4.99. The van der Waals surface area contributed by atoms with Gasteiger partial charge in [0.15, 0.2) is 0 Å². The van der Waals surface area contributed by atoms with Crippen molar-refractivity contribution in [3.63, 3.8) is 0 Å². The molecule has 2 aromatic rings. The Bertz CT molecular complexity index is 713. The number of nitrogens with zero attached hydrogens (tertiary/aromatic N) is 2. The first-order chi connectivity index (χ1) is 9.56. The lowest BCUT2D eigenvalue weighted by Gasteiger charge is -2.16. The van der Waals surface area contributed by atoms with Gasteiger partial charge < -0.3 is 4.90 Å². The molecular weight excluding hydrogens is 344 g/mol. The average molecular weight is 353 g/mol. The zero-order chi connectivity index (χ0) is 14.3. The van der Waals surface area contributed by atoms with Crippen molar-refractivity contribution in [2.24, 2.45) is 0 Å². The van der Waals surface area contributed by atoms with Crippen LogP contribution in [0.2, 0.25) is 0 Å². The molecule has 0 aliphatic carbocycles. The molecule has 2 heterocycles. The molecule has 3 rings (SSSR count). The molecule has 1 aromatic carbocycles. The molecule has 0 spiro atoms. The Morgan fingerprint density at radius 1 is 1.35 bits per heavy atom. The van der Waals surface area contributed by atoms with Gasteiger partial charge in [0.25, 0.3) is 11.6 Å². The average Bonchev–Trinajstić information content (AvgIpc) is 3.03. The number of hydrogen-bond donors (Lipinski definition) is 0. The van der Waals surface area contributed by atoms with Crippen LogP contribution in [0.1, 0.15) is 15.2 Å². The largest absolute Gasteiger partial charge is 0.307 e. The molecule has 1 amide bonds. The monoisotopic (exact) mass is 352 g/mol. The molecule has 0 radical (unpaired) electrons. The van der Waals surface area contributed by atoms with Crippen molar-refractivity contribution in [2.45, 2.75) is 6.42 Å². The number of nitro benzene ring substituents is 1. The summed E-state index contributed by atoms with van der Waals surface area (Å²) < 4.78 is 0.906. The Labute approximate surface area is 127 Å². The summed E-state index contributed by atoms with van der Waals surface area (Å²) in [4.78, 5) is 25.1. The normalized spacial score (nSPS) is 13.3. The second-order valence-corrected chi connectivity index (χ2v) is 6.84. The van der Waals surface area contributed by atoms with Crippen molar-refractivity contribution in [1.82, 2.24) is 0 Å². The highest BCUT2D eigenvalue weighted by atomic mass is 79.9. The van der Waals surface area contributed by atoms with Crippen LogP contribution in [0.25, 0.3) is 0 Å². The molecule has 1 aliphatic heterocycles. The number of carbonyl (C=O) groups is 1. The summed E-state index contributed by atoms with van der Waals surface area (Å²) in [5.74, 6) is -0.0618. The highest BCUT2D eigenvalue weighted by molar-refractivity contribution is 9.11. The first-order valence-electron chi connectivity index (χ1n) is 5.91. The lowest BCUT2D eigenvalue weighted by molar-refractivity contribution is -0.384. The first kappa shape index (κ1) is 13.3. The molecule has 5 nitrogen and oxygen atoms in total. The summed E-state index contributed by atoms with van der Waals surface area (Å²) in [6.07, 6.45) is 0.648. The van der Waals surface area contributed by atoms with Crippen LogP contribution in [0, 0.1) is 10.1 Å². The topological polar surface area (TPSA) is 63.5 Å². The third-order valence-corrected chi connectivity index (χ3v) is 4.81. The van der Waals surface area contributed by atoms with Crippen molar-refractivity contribution in [2.75, 3.05) is 11.4 Å². The number of carbonyl (C=O) groups excluding carboxylic acids is 1. The molecule has 20 heavy (non-hydrogen) atoms. The molecule has 0 atom stereocenters. The van der Waals surface area contributed by atoms with Crippen LogP contribution in [0.3, 0.4) is 0 Å². The Morgan fingerprint density at radius 2 is 2.15 bits per heavy atom. The van der Waals surface area contributed by atoms with Crippen molar-refractivity contribution in [1.29, 1.82) is 0 Å². The van der Waals surface area contributed by atoms with E-state index in [0.717, 1.165) is 15.0 Å². The van der Waals surface area contributed by atoms with E-state index in [1.54, 1.807) is 23.1 Å². The number of benzene rings is 1. The smallest absolute Gasteiger partial charge is 0.269 e. The summed E-state index contributed by atoms with van der Waals surface area (Å²) in [5, 5.41) is 10.8. The fraction of sp³-hybridized carbons (Fsp3) is 0.154. The van der Waals surface area contributed by atoms with Gasteiger partial charge in [-0.2, -0.15) is 0 Å². The molecule has 0 saturated carbocycles. The number of hydrogen-bond acceptors (Lipinski definition) is 4. The number of rotatable bonds is 2. The summed E-state index contributed by atoms with van der Waals surface area (Å²) >= 11 is 4.72. The van der Waals surface area contributed by atoms with E-state index in [1.807, 2.05) is 6.07 Å². The minimum absolute atomic E-state index is 0.0618. The SMILES string of the molecule is O=C(c1ccc(Br)s1)N1CCc2cc([N+](=O)[O-])ccc21. The Kier molecular flexibility index (Phi) is 3.31. The van der Waals surface area contributed by atoms with Crippen LogP contribution in [-0.2, 0) is 6.42 Å². The molecule has 1 aliphatic rings. The molecule has 102 valence electrons. The summed E-state index contributed by atoms with van der Waals surface area (Å²) in [6, 6.07) is 8.26. The fourth-order valence-electron chi connectivity index (χ4n) is 2.27. The number of thiophene rings is 1. The van der Waals surface area contributed by atoms with E-state index in [1.165, 1.54) is 17.4 Å². The van der Waals surface area contributed by atoms with Gasteiger partial charge in [-0.3, -0.25) is 14.9 Å². The van der Waals surface area contributed by atoms with Crippen molar-refractivity contribution in [3.05, 3.63) is 54.7 Å². The van der Waals surface area contributed by atoms with Crippen molar-refractivity contribution >= 4 is 44.5 Å². The van der Waals surface area contributed by atoms with E-state index in [-0.39, 0.29) is 11.6 Å². The number of non-ortho nitro benzene ring substituents is 1. The van der Waals surface area contributed by atoms with Gasteiger partial charge in [0.2, 0.25) is 0 Å². The van der Waals surface area contributed by atoms with Gasteiger partial charge in [-0.25, -0.2) is 0 Å². The molecule has 1 aromatic heterocycles. The third kappa shape index (κ3) is 2.23. The molecule has 0 bridgehead atoms. The van der Waals surface area contributed by atoms with Gasteiger partial charge in [0, 0.05) is 24.4 Å². The van der Waals surface area contributed by atoms with Crippen LogP contribution < -0.4 is 4.90 Å². The maximum absolute atomic E-state index is 12.4. The maximum Gasteiger partial charge on any atom is 0.269 e. The van der Waals surface area contributed by atoms with Crippen LogP contribution in [0.5, 0.6) is 0 Å². The number of fused-ring (bicyclic) bond motifs is 1. The Morgan fingerprint density at radius 3 is 2.80 bits per heavy atom. The number of halogens is 1. The summed E-state index contributed by atoms with van der Waals surface area (Å²) in [5.41, 5.74) is 1.69. The molecular formula is C13H9BrN2O3S. The third-order valence-electron chi connectivity index (χ3n) is 3.20. The van der Waals surface area contributed by atoms with Crippen LogP contribution in [0.15, 0.2) is 34.1 Å².